The van der Waals surface area contributed by atoms with E-state index in [-0.39, 0.29) is 17.5 Å². The summed E-state index contributed by atoms with van der Waals surface area (Å²) < 4.78 is 17.0. The quantitative estimate of drug-likeness (QED) is 0.427. The van der Waals surface area contributed by atoms with Crippen LogP contribution in [-0.2, 0) is 11.2 Å². The maximum absolute atomic E-state index is 13.0. The molecule has 8 nitrogen and oxygen atoms in total. The predicted molar refractivity (Wildman–Crippen MR) is 130 cm³/mol. The number of methoxy groups -OCH3 is 2. The molecule has 1 aromatic carbocycles. The van der Waals surface area contributed by atoms with Crippen LogP contribution in [0, 0.1) is 11.3 Å². The van der Waals surface area contributed by atoms with Gasteiger partial charge in [0.2, 0.25) is 17.5 Å². The number of thiocarbonyl (C=S) groups is 1. The van der Waals surface area contributed by atoms with Crippen molar-refractivity contribution in [1.29, 1.82) is 5.26 Å². The lowest BCUT2D eigenvalue weighted by atomic mass is 10.1. The van der Waals surface area contributed by atoms with E-state index in [1.54, 1.807) is 25.2 Å². The molecule has 1 aromatic heterocycles. The number of rotatable bonds is 7. The zero-order valence-electron chi connectivity index (χ0n) is 18.5. The fraction of sp³-hybridized carbons (Fsp3) is 0.391. The Hall–Kier alpha value is -3.03. The number of hydrogen-bond donors (Lipinski definition) is 0. The van der Waals surface area contributed by atoms with Gasteiger partial charge < -0.3 is 18.8 Å². The van der Waals surface area contributed by atoms with Gasteiger partial charge in [-0.15, -0.1) is 0 Å². The lowest BCUT2D eigenvalue weighted by molar-refractivity contribution is -0.122. The predicted octanol–water partition coefficient (Wildman–Crippen LogP) is 4.00. The molecule has 0 unspecified atom stereocenters. The van der Waals surface area contributed by atoms with Crippen molar-refractivity contribution in [3.05, 3.63) is 40.3 Å². The van der Waals surface area contributed by atoms with E-state index in [2.05, 4.69) is 11.1 Å². The summed E-state index contributed by atoms with van der Waals surface area (Å²) in [5.41, 5.74) is 1.25. The van der Waals surface area contributed by atoms with Gasteiger partial charge in [0, 0.05) is 25.7 Å². The number of carbonyl (C=O) groups is 1. The molecule has 2 aliphatic heterocycles. The summed E-state index contributed by atoms with van der Waals surface area (Å²) in [5.74, 6) is 1.82. The van der Waals surface area contributed by atoms with Crippen LogP contribution >= 0.6 is 24.0 Å². The number of ether oxygens (including phenoxy) is 2. The standard InChI is InChI=1S/C23H24N4O4S2/c1-29-17-7-6-15(12-18(17)30-2)8-11-27-21(28)19(33-23(27)32)13-20-25-16(14-24)22(31-20)26-9-4-3-5-10-26/h6-7,12-13H,3-5,8-11H2,1-2H3/b19-13-. The van der Waals surface area contributed by atoms with E-state index in [1.165, 1.54) is 18.2 Å². The highest BCUT2D eigenvalue weighted by atomic mass is 32.2. The first-order chi connectivity index (χ1) is 16.0. The Bertz CT molecular complexity index is 1130. The Morgan fingerprint density at radius 2 is 2.00 bits per heavy atom. The van der Waals surface area contributed by atoms with Crippen LogP contribution < -0.4 is 14.4 Å². The molecule has 0 saturated carbocycles. The van der Waals surface area contributed by atoms with Crippen molar-refractivity contribution in [2.75, 3.05) is 38.8 Å². The zero-order chi connectivity index (χ0) is 23.4. The minimum atomic E-state index is -0.193. The Morgan fingerprint density at radius 3 is 2.70 bits per heavy atom. The average molecular weight is 485 g/mol. The molecule has 2 fully saturated rings. The number of nitriles is 1. The van der Waals surface area contributed by atoms with E-state index < -0.39 is 0 Å². The highest BCUT2D eigenvalue weighted by Gasteiger charge is 2.32. The molecule has 172 valence electrons. The molecule has 2 aromatic rings. The third kappa shape index (κ3) is 4.99. The van der Waals surface area contributed by atoms with Gasteiger partial charge in [-0.3, -0.25) is 9.69 Å². The number of thioether (sulfide) groups is 1. The maximum atomic E-state index is 13.0. The first kappa shape index (κ1) is 23.1. The molecular weight excluding hydrogens is 460 g/mol. The summed E-state index contributed by atoms with van der Waals surface area (Å²) in [6.45, 7) is 2.11. The molecule has 4 rings (SSSR count). The van der Waals surface area contributed by atoms with Crippen molar-refractivity contribution in [3.63, 3.8) is 0 Å². The summed E-state index contributed by atoms with van der Waals surface area (Å²) in [6, 6.07) is 7.77. The van der Waals surface area contributed by atoms with Gasteiger partial charge >= 0.3 is 0 Å². The number of anilines is 1. The van der Waals surface area contributed by atoms with Crippen LogP contribution in [-0.4, -0.2) is 54.0 Å². The molecule has 2 aliphatic rings. The van der Waals surface area contributed by atoms with Crippen molar-refractivity contribution >= 4 is 46.2 Å². The highest BCUT2D eigenvalue weighted by molar-refractivity contribution is 8.26. The molecule has 0 aliphatic carbocycles. The number of nitrogens with zero attached hydrogens (tertiary/aromatic N) is 4. The second kappa shape index (κ2) is 10.3. The number of hydrogen-bond acceptors (Lipinski definition) is 9. The number of carbonyl (C=O) groups excluding carboxylic acids is 1. The van der Waals surface area contributed by atoms with Crippen molar-refractivity contribution in [2.24, 2.45) is 0 Å². The van der Waals surface area contributed by atoms with Gasteiger partial charge in [0.25, 0.3) is 5.91 Å². The van der Waals surface area contributed by atoms with E-state index in [9.17, 15) is 10.1 Å². The first-order valence-electron chi connectivity index (χ1n) is 10.7. The van der Waals surface area contributed by atoms with E-state index in [1.807, 2.05) is 23.1 Å². The molecule has 3 heterocycles. The minimum Gasteiger partial charge on any atom is -0.493 e. The molecule has 0 atom stereocenters. The summed E-state index contributed by atoms with van der Waals surface area (Å²) in [6.07, 6.45) is 5.46. The van der Waals surface area contributed by atoms with Crippen LogP contribution in [0.15, 0.2) is 27.5 Å². The Morgan fingerprint density at radius 1 is 1.24 bits per heavy atom. The molecule has 0 spiro atoms. The van der Waals surface area contributed by atoms with Gasteiger partial charge in [-0.1, -0.05) is 30.0 Å². The summed E-state index contributed by atoms with van der Waals surface area (Å²) in [4.78, 5) is 21.3. The zero-order valence-corrected chi connectivity index (χ0v) is 20.1. The second-order valence-corrected chi connectivity index (χ2v) is 9.31. The fourth-order valence-electron chi connectivity index (χ4n) is 3.86. The Labute approximate surface area is 202 Å². The molecule has 10 heteroatoms. The van der Waals surface area contributed by atoms with Crippen LogP contribution in [0.5, 0.6) is 11.5 Å². The largest absolute Gasteiger partial charge is 0.493 e. The summed E-state index contributed by atoms with van der Waals surface area (Å²) in [5, 5.41) is 9.47. The fourth-order valence-corrected chi connectivity index (χ4v) is 5.13. The monoisotopic (exact) mass is 484 g/mol. The van der Waals surface area contributed by atoms with E-state index >= 15 is 0 Å². The number of amides is 1. The van der Waals surface area contributed by atoms with Gasteiger partial charge in [0.05, 0.1) is 19.1 Å². The third-order valence-corrected chi connectivity index (χ3v) is 6.95. The molecule has 0 N–H and O–H groups in total. The van der Waals surface area contributed by atoms with Gasteiger partial charge in [0.1, 0.15) is 10.4 Å². The van der Waals surface area contributed by atoms with Gasteiger partial charge in [-0.2, -0.15) is 10.2 Å². The van der Waals surface area contributed by atoms with Crippen LogP contribution in [0.3, 0.4) is 0 Å². The lowest BCUT2D eigenvalue weighted by Crippen LogP contribution is -2.30. The van der Waals surface area contributed by atoms with Gasteiger partial charge in [-0.25, -0.2) is 0 Å². The lowest BCUT2D eigenvalue weighted by Gasteiger charge is -2.25. The first-order valence-corrected chi connectivity index (χ1v) is 11.9. The summed E-state index contributed by atoms with van der Waals surface area (Å²) >= 11 is 6.65. The smallest absolute Gasteiger partial charge is 0.266 e. The molecule has 2 saturated heterocycles. The van der Waals surface area contributed by atoms with E-state index in [4.69, 9.17) is 26.1 Å². The third-order valence-electron chi connectivity index (χ3n) is 5.58. The van der Waals surface area contributed by atoms with Crippen molar-refractivity contribution in [2.45, 2.75) is 25.7 Å². The average Bonchev–Trinajstić information content (AvgIpc) is 3.38. The van der Waals surface area contributed by atoms with Gasteiger partial charge in [0.15, 0.2) is 11.5 Å². The minimum absolute atomic E-state index is 0.193. The SMILES string of the molecule is COc1ccc(CCN2C(=O)/C(=C/c3nc(C#N)c(N4CCCCC4)o3)SC2=S)cc1OC. The topological polar surface area (TPSA) is 91.8 Å². The van der Waals surface area contributed by atoms with Crippen LogP contribution in [0.25, 0.3) is 6.08 Å². The number of oxazole rings is 1. The number of benzene rings is 1. The molecule has 1 amide bonds. The number of aromatic nitrogens is 1. The van der Waals surface area contributed by atoms with E-state index in [0.717, 1.165) is 31.5 Å². The van der Waals surface area contributed by atoms with Gasteiger partial charge in [-0.05, 0) is 43.4 Å². The van der Waals surface area contributed by atoms with Crippen molar-refractivity contribution in [1.82, 2.24) is 9.88 Å². The van der Waals surface area contributed by atoms with Crippen LogP contribution in [0.1, 0.15) is 36.4 Å². The van der Waals surface area contributed by atoms with Crippen molar-refractivity contribution in [3.8, 4) is 17.6 Å². The molecule has 0 bridgehead atoms. The maximum Gasteiger partial charge on any atom is 0.266 e. The molecular formula is C23H24N4O4S2. The van der Waals surface area contributed by atoms with Crippen molar-refractivity contribution < 1.29 is 18.7 Å². The van der Waals surface area contributed by atoms with Crippen LogP contribution in [0.2, 0.25) is 0 Å². The number of piperidine rings is 1. The Kier molecular flexibility index (Phi) is 7.20. The highest BCUT2D eigenvalue weighted by Crippen LogP contribution is 2.34. The van der Waals surface area contributed by atoms with Crippen LogP contribution in [0.4, 0.5) is 5.88 Å². The normalized spacial score (nSPS) is 17.5. The molecule has 33 heavy (non-hydrogen) atoms. The second-order valence-electron chi connectivity index (χ2n) is 7.64. The molecule has 0 radical (unpaired) electrons. The van der Waals surface area contributed by atoms with E-state index in [0.29, 0.717) is 39.6 Å². The summed E-state index contributed by atoms with van der Waals surface area (Å²) in [7, 11) is 3.18. The Balaban J connectivity index is 1.47.